The molecule has 3 atom stereocenters. The Morgan fingerprint density at radius 2 is 2.31 bits per heavy atom. The maximum Gasteiger partial charge on any atom is 0.0973 e. The highest BCUT2D eigenvalue weighted by Crippen LogP contribution is 2.20. The molecular weight excluding hydrogens is 222 g/mol. The molecule has 1 saturated heterocycles. The quantitative estimate of drug-likeness (QED) is 0.754. The lowest BCUT2D eigenvalue weighted by molar-refractivity contribution is 0.0863. The van der Waals surface area contributed by atoms with Crippen LogP contribution >= 0.6 is 0 Å². The number of hydrogen-bond acceptors (Lipinski definition) is 2. The van der Waals surface area contributed by atoms with Crippen LogP contribution in [0.25, 0.3) is 0 Å². The normalized spacial score (nSPS) is 25.3. The lowest BCUT2D eigenvalue weighted by Crippen LogP contribution is -2.45. The standard InChI is InChI=1S/C12H23NO2S/c1-5-7-10(11-8-6-9-15-11)13-16(14)12(2,3)4/h5,10-11,13H,1,6-9H2,2-4H3. The van der Waals surface area contributed by atoms with Crippen LogP contribution in [0.5, 0.6) is 0 Å². The van der Waals surface area contributed by atoms with Crippen molar-refractivity contribution < 1.29 is 8.95 Å². The average Bonchev–Trinajstić information content (AvgIpc) is 2.68. The third-order valence-electron chi connectivity index (χ3n) is 2.65. The molecule has 1 aliphatic rings. The predicted molar refractivity (Wildman–Crippen MR) is 68.6 cm³/mol. The SMILES string of the molecule is C=CCC(NS(=O)C(C)(C)C)C1CCCO1. The first kappa shape index (κ1) is 13.9. The highest BCUT2D eigenvalue weighted by Gasteiger charge is 2.29. The fourth-order valence-corrected chi connectivity index (χ4v) is 2.57. The van der Waals surface area contributed by atoms with E-state index >= 15 is 0 Å². The predicted octanol–water partition coefficient (Wildman–Crippen LogP) is 2.16. The molecule has 16 heavy (non-hydrogen) atoms. The Morgan fingerprint density at radius 1 is 1.62 bits per heavy atom. The summed E-state index contributed by atoms with van der Waals surface area (Å²) < 4.78 is 20.6. The second-order valence-corrected chi connectivity index (χ2v) is 7.18. The summed E-state index contributed by atoms with van der Waals surface area (Å²) in [6, 6.07) is 0.125. The Hall–Kier alpha value is -0.190. The van der Waals surface area contributed by atoms with Crippen LogP contribution in [0, 0.1) is 0 Å². The Balaban J connectivity index is 2.56. The lowest BCUT2D eigenvalue weighted by atomic mass is 10.1. The van der Waals surface area contributed by atoms with Gasteiger partial charge in [0, 0.05) is 12.6 Å². The topological polar surface area (TPSA) is 38.3 Å². The van der Waals surface area contributed by atoms with Crippen molar-refractivity contribution in [3.05, 3.63) is 12.7 Å². The Labute approximate surface area is 101 Å². The van der Waals surface area contributed by atoms with Crippen LogP contribution < -0.4 is 4.72 Å². The Morgan fingerprint density at radius 3 is 2.75 bits per heavy atom. The third kappa shape index (κ3) is 4.00. The van der Waals surface area contributed by atoms with Crippen molar-refractivity contribution in [3.8, 4) is 0 Å². The largest absolute Gasteiger partial charge is 0.377 e. The molecule has 94 valence electrons. The number of rotatable bonds is 5. The van der Waals surface area contributed by atoms with Gasteiger partial charge in [0.2, 0.25) is 0 Å². The molecule has 0 radical (unpaired) electrons. The molecule has 1 fully saturated rings. The monoisotopic (exact) mass is 245 g/mol. The molecule has 1 heterocycles. The van der Waals surface area contributed by atoms with Gasteiger partial charge in [-0.15, -0.1) is 6.58 Å². The van der Waals surface area contributed by atoms with Gasteiger partial charge in [-0.25, -0.2) is 8.93 Å². The maximum absolute atomic E-state index is 12.0. The summed E-state index contributed by atoms with van der Waals surface area (Å²) in [5.41, 5.74) is 0. The van der Waals surface area contributed by atoms with Crippen LogP contribution in [0.1, 0.15) is 40.0 Å². The first-order valence-electron chi connectivity index (χ1n) is 5.85. The van der Waals surface area contributed by atoms with Gasteiger partial charge in [0.15, 0.2) is 0 Å². The van der Waals surface area contributed by atoms with E-state index in [0.717, 1.165) is 25.9 Å². The number of ether oxygens (including phenoxy) is 1. The summed E-state index contributed by atoms with van der Waals surface area (Å²) >= 11 is 0. The van der Waals surface area contributed by atoms with Crippen LogP contribution in [0.3, 0.4) is 0 Å². The van der Waals surface area contributed by atoms with E-state index in [1.807, 2.05) is 26.8 Å². The van der Waals surface area contributed by atoms with E-state index in [-0.39, 0.29) is 16.9 Å². The minimum atomic E-state index is -1.04. The first-order valence-corrected chi connectivity index (χ1v) is 7.00. The van der Waals surface area contributed by atoms with Crippen molar-refractivity contribution in [1.29, 1.82) is 0 Å². The van der Waals surface area contributed by atoms with E-state index in [4.69, 9.17) is 4.74 Å². The highest BCUT2D eigenvalue weighted by atomic mass is 32.2. The fraction of sp³-hybridized carbons (Fsp3) is 0.833. The molecule has 0 bridgehead atoms. The minimum absolute atomic E-state index is 0.125. The second kappa shape index (κ2) is 5.94. The molecule has 0 aromatic rings. The van der Waals surface area contributed by atoms with Crippen LogP contribution in [0.4, 0.5) is 0 Å². The average molecular weight is 245 g/mol. The summed E-state index contributed by atoms with van der Waals surface area (Å²) in [6.45, 7) is 10.5. The molecular formula is C12H23NO2S. The summed E-state index contributed by atoms with van der Waals surface area (Å²) in [5.74, 6) is 0. The van der Waals surface area contributed by atoms with Crippen molar-refractivity contribution >= 4 is 11.0 Å². The van der Waals surface area contributed by atoms with Crippen LogP contribution in [0.15, 0.2) is 12.7 Å². The van der Waals surface area contributed by atoms with E-state index in [9.17, 15) is 4.21 Å². The fourth-order valence-electron chi connectivity index (χ4n) is 1.69. The van der Waals surface area contributed by atoms with Crippen molar-refractivity contribution in [2.75, 3.05) is 6.61 Å². The van der Waals surface area contributed by atoms with Crippen LogP contribution in [-0.4, -0.2) is 27.7 Å². The number of hydrogen-bond donors (Lipinski definition) is 1. The molecule has 3 nitrogen and oxygen atoms in total. The van der Waals surface area contributed by atoms with E-state index < -0.39 is 11.0 Å². The van der Waals surface area contributed by atoms with Gasteiger partial charge in [-0.1, -0.05) is 6.08 Å². The van der Waals surface area contributed by atoms with Crippen molar-refractivity contribution in [3.63, 3.8) is 0 Å². The van der Waals surface area contributed by atoms with Crippen LogP contribution in [-0.2, 0) is 15.7 Å². The van der Waals surface area contributed by atoms with Crippen molar-refractivity contribution in [2.24, 2.45) is 0 Å². The zero-order chi connectivity index (χ0) is 12.2. The zero-order valence-corrected chi connectivity index (χ0v) is 11.3. The van der Waals surface area contributed by atoms with Gasteiger partial charge in [0.1, 0.15) is 0 Å². The molecule has 1 N–H and O–H groups in total. The van der Waals surface area contributed by atoms with Gasteiger partial charge in [0.05, 0.1) is 21.8 Å². The molecule has 1 rings (SSSR count). The van der Waals surface area contributed by atoms with Gasteiger partial charge in [-0.3, -0.25) is 0 Å². The van der Waals surface area contributed by atoms with Gasteiger partial charge in [0.25, 0.3) is 0 Å². The van der Waals surface area contributed by atoms with Gasteiger partial charge in [-0.2, -0.15) is 0 Å². The smallest absolute Gasteiger partial charge is 0.0973 e. The van der Waals surface area contributed by atoms with Gasteiger partial charge < -0.3 is 4.74 Å². The van der Waals surface area contributed by atoms with Gasteiger partial charge >= 0.3 is 0 Å². The Kier molecular flexibility index (Phi) is 5.15. The summed E-state index contributed by atoms with van der Waals surface area (Å²) in [5, 5.41) is 0. The molecule has 0 saturated carbocycles. The Bertz CT molecular complexity index is 254. The lowest BCUT2D eigenvalue weighted by Gasteiger charge is -2.27. The molecule has 0 aromatic heterocycles. The van der Waals surface area contributed by atoms with E-state index in [2.05, 4.69) is 11.3 Å². The second-order valence-electron chi connectivity index (χ2n) is 5.18. The first-order chi connectivity index (χ1) is 7.45. The molecule has 0 aromatic carbocycles. The molecule has 4 heteroatoms. The van der Waals surface area contributed by atoms with Gasteiger partial charge in [-0.05, 0) is 40.0 Å². The van der Waals surface area contributed by atoms with Crippen molar-refractivity contribution in [1.82, 2.24) is 4.72 Å². The molecule has 3 unspecified atom stereocenters. The maximum atomic E-state index is 12.0. The zero-order valence-electron chi connectivity index (χ0n) is 10.5. The molecule has 0 aliphatic carbocycles. The third-order valence-corrected chi connectivity index (χ3v) is 4.28. The summed E-state index contributed by atoms with van der Waals surface area (Å²) in [6.07, 6.45) is 4.99. The molecule has 0 spiro atoms. The summed E-state index contributed by atoms with van der Waals surface area (Å²) in [7, 11) is -1.04. The number of nitrogens with one attached hydrogen (secondary N) is 1. The highest BCUT2D eigenvalue weighted by molar-refractivity contribution is 7.84. The molecule has 1 aliphatic heterocycles. The van der Waals surface area contributed by atoms with Crippen molar-refractivity contribution in [2.45, 2.75) is 56.9 Å². The molecule has 0 amide bonds. The summed E-state index contributed by atoms with van der Waals surface area (Å²) in [4.78, 5) is 0. The van der Waals surface area contributed by atoms with E-state index in [1.54, 1.807) is 0 Å². The van der Waals surface area contributed by atoms with E-state index in [0.29, 0.717) is 0 Å². The van der Waals surface area contributed by atoms with E-state index in [1.165, 1.54) is 0 Å². The van der Waals surface area contributed by atoms with Crippen LogP contribution in [0.2, 0.25) is 0 Å². The minimum Gasteiger partial charge on any atom is -0.377 e.